The number of nitrogens with zero attached hydrogens (tertiary/aromatic N) is 2. The number of carbonyl (C=O) groups excluding carboxylic acids is 2. The normalized spacial score (nSPS) is 15.1. The molecule has 31 heavy (non-hydrogen) atoms. The summed E-state index contributed by atoms with van der Waals surface area (Å²) in [5, 5.41) is 3.79. The Bertz CT molecular complexity index is 1230. The molecule has 0 bridgehead atoms. The van der Waals surface area contributed by atoms with E-state index in [4.69, 9.17) is 23.2 Å². The maximum absolute atomic E-state index is 12.9. The first-order valence-corrected chi connectivity index (χ1v) is 10.5. The molecule has 3 amide bonds. The lowest BCUT2D eigenvalue weighted by atomic mass is 10.1. The van der Waals surface area contributed by atoms with Gasteiger partial charge in [0, 0.05) is 16.4 Å². The Balaban J connectivity index is 1.64. The molecule has 1 saturated heterocycles. The molecule has 0 aliphatic carbocycles. The van der Waals surface area contributed by atoms with Gasteiger partial charge in [-0.2, -0.15) is 0 Å². The maximum Gasteiger partial charge on any atom is 0.329 e. The maximum atomic E-state index is 12.9. The summed E-state index contributed by atoms with van der Waals surface area (Å²) in [5.41, 5.74) is 5.73. The zero-order chi connectivity index (χ0) is 22.3. The van der Waals surface area contributed by atoms with Crippen LogP contribution in [0.2, 0.25) is 10.0 Å². The molecule has 3 aromatic rings. The molecule has 2 aromatic carbocycles. The molecular weight excluding hydrogens is 433 g/mol. The molecule has 5 nitrogen and oxygen atoms in total. The van der Waals surface area contributed by atoms with Gasteiger partial charge in [0.15, 0.2) is 0 Å². The second-order valence-corrected chi connectivity index (χ2v) is 8.47. The number of aromatic nitrogens is 1. The van der Waals surface area contributed by atoms with Crippen LogP contribution in [0.1, 0.15) is 28.1 Å². The number of rotatable bonds is 4. The van der Waals surface area contributed by atoms with Crippen molar-refractivity contribution in [3.63, 3.8) is 0 Å². The molecule has 0 unspecified atom stereocenters. The number of imide groups is 1. The smallest absolute Gasteiger partial charge is 0.316 e. The third kappa shape index (κ3) is 4.11. The van der Waals surface area contributed by atoms with Gasteiger partial charge in [-0.3, -0.25) is 9.69 Å². The molecule has 2 heterocycles. The highest BCUT2D eigenvalue weighted by Gasteiger charge is 2.33. The standard InChI is InChI=1S/C24H21Cl2N3O2/c1-14-4-6-17(7-5-14)13-28-23(30)21(27-24(28)31)11-18-10-15(2)29(16(18)3)22-9-8-19(25)12-20(22)26/h4-12H,13H2,1-3H3,(H,27,31)/b21-11+. The summed E-state index contributed by atoms with van der Waals surface area (Å²) < 4.78 is 2.00. The van der Waals surface area contributed by atoms with Crippen LogP contribution in [0.4, 0.5) is 4.79 Å². The van der Waals surface area contributed by atoms with Crippen LogP contribution in [0.3, 0.4) is 0 Å². The Morgan fingerprint density at radius 1 is 0.968 bits per heavy atom. The van der Waals surface area contributed by atoms with Gasteiger partial charge in [-0.25, -0.2) is 4.79 Å². The Hall–Kier alpha value is -3.02. The largest absolute Gasteiger partial charge is 0.329 e. The number of hydrogen-bond donors (Lipinski definition) is 1. The molecule has 7 heteroatoms. The van der Waals surface area contributed by atoms with E-state index >= 15 is 0 Å². The van der Waals surface area contributed by atoms with Crippen molar-refractivity contribution < 1.29 is 9.59 Å². The van der Waals surface area contributed by atoms with Gasteiger partial charge in [0.1, 0.15) is 5.70 Å². The van der Waals surface area contributed by atoms with Gasteiger partial charge in [0.2, 0.25) is 0 Å². The van der Waals surface area contributed by atoms with Gasteiger partial charge in [0.05, 0.1) is 17.3 Å². The summed E-state index contributed by atoms with van der Waals surface area (Å²) in [6, 6.07) is 14.6. The highest BCUT2D eigenvalue weighted by Crippen LogP contribution is 2.30. The van der Waals surface area contributed by atoms with Gasteiger partial charge >= 0.3 is 6.03 Å². The minimum atomic E-state index is -0.425. The minimum absolute atomic E-state index is 0.224. The van der Waals surface area contributed by atoms with Crippen molar-refractivity contribution in [1.29, 1.82) is 0 Å². The van der Waals surface area contributed by atoms with Crippen molar-refractivity contribution in [2.75, 3.05) is 0 Å². The van der Waals surface area contributed by atoms with E-state index in [0.29, 0.717) is 10.0 Å². The molecule has 0 radical (unpaired) electrons. The fourth-order valence-electron chi connectivity index (χ4n) is 3.71. The molecular formula is C24H21Cl2N3O2. The van der Waals surface area contributed by atoms with E-state index in [0.717, 1.165) is 33.8 Å². The Kier molecular flexibility index (Phi) is 5.65. The summed E-state index contributed by atoms with van der Waals surface area (Å²) >= 11 is 12.4. The van der Waals surface area contributed by atoms with Gasteiger partial charge < -0.3 is 9.88 Å². The topological polar surface area (TPSA) is 54.3 Å². The van der Waals surface area contributed by atoms with Crippen LogP contribution in [0.5, 0.6) is 0 Å². The number of carbonyl (C=O) groups is 2. The third-order valence-electron chi connectivity index (χ3n) is 5.34. The van der Waals surface area contributed by atoms with Crippen LogP contribution in [-0.4, -0.2) is 21.4 Å². The Morgan fingerprint density at radius 2 is 1.68 bits per heavy atom. The summed E-state index contributed by atoms with van der Waals surface area (Å²) in [5.74, 6) is -0.347. The highest BCUT2D eigenvalue weighted by atomic mass is 35.5. The molecule has 1 fully saturated rings. The van der Waals surface area contributed by atoms with E-state index in [2.05, 4.69) is 5.32 Å². The number of hydrogen-bond acceptors (Lipinski definition) is 2. The molecule has 1 aromatic heterocycles. The molecule has 4 rings (SSSR count). The summed E-state index contributed by atoms with van der Waals surface area (Å²) in [6.45, 7) is 6.11. The van der Waals surface area contributed by atoms with Gasteiger partial charge in [-0.1, -0.05) is 53.0 Å². The first kappa shape index (κ1) is 21.2. The zero-order valence-electron chi connectivity index (χ0n) is 17.4. The molecule has 1 N–H and O–H groups in total. The second kappa shape index (κ2) is 8.25. The number of aryl methyl sites for hydroxylation is 2. The fraction of sp³-hybridized carbons (Fsp3) is 0.167. The van der Waals surface area contributed by atoms with E-state index in [-0.39, 0.29) is 18.1 Å². The van der Waals surface area contributed by atoms with Crippen molar-refractivity contribution >= 4 is 41.2 Å². The lowest BCUT2D eigenvalue weighted by Crippen LogP contribution is -2.30. The average Bonchev–Trinajstić information content (AvgIpc) is 3.14. The predicted molar refractivity (Wildman–Crippen MR) is 124 cm³/mol. The summed E-state index contributed by atoms with van der Waals surface area (Å²) in [6.07, 6.45) is 1.71. The van der Waals surface area contributed by atoms with E-state index in [1.807, 2.05) is 61.7 Å². The van der Waals surface area contributed by atoms with E-state index in [9.17, 15) is 9.59 Å². The van der Waals surface area contributed by atoms with Crippen LogP contribution in [0.25, 0.3) is 11.8 Å². The van der Waals surface area contributed by atoms with E-state index in [1.54, 1.807) is 18.2 Å². The van der Waals surface area contributed by atoms with Crippen molar-refractivity contribution in [2.45, 2.75) is 27.3 Å². The van der Waals surface area contributed by atoms with Gasteiger partial charge in [-0.15, -0.1) is 0 Å². The molecule has 0 saturated carbocycles. The van der Waals surface area contributed by atoms with Crippen LogP contribution >= 0.6 is 23.2 Å². The zero-order valence-corrected chi connectivity index (χ0v) is 18.9. The number of urea groups is 1. The third-order valence-corrected chi connectivity index (χ3v) is 5.88. The summed E-state index contributed by atoms with van der Waals surface area (Å²) in [7, 11) is 0. The molecule has 0 atom stereocenters. The lowest BCUT2D eigenvalue weighted by Gasteiger charge is -2.12. The van der Waals surface area contributed by atoms with Crippen molar-refractivity contribution in [3.05, 3.63) is 92.4 Å². The van der Waals surface area contributed by atoms with Gasteiger partial charge in [-0.05, 0) is 62.2 Å². The van der Waals surface area contributed by atoms with Crippen molar-refractivity contribution in [2.24, 2.45) is 0 Å². The SMILES string of the molecule is Cc1ccc(CN2C(=O)N/C(=C/c3cc(C)n(-c4ccc(Cl)cc4Cl)c3C)C2=O)cc1. The van der Waals surface area contributed by atoms with Crippen LogP contribution in [0.15, 0.2) is 54.2 Å². The minimum Gasteiger partial charge on any atom is -0.316 e. The summed E-state index contributed by atoms with van der Waals surface area (Å²) in [4.78, 5) is 26.5. The Morgan fingerprint density at radius 3 is 2.35 bits per heavy atom. The fourth-order valence-corrected chi connectivity index (χ4v) is 4.21. The Labute approximate surface area is 190 Å². The van der Waals surface area contributed by atoms with E-state index in [1.165, 1.54) is 4.90 Å². The lowest BCUT2D eigenvalue weighted by molar-refractivity contribution is -0.123. The molecule has 0 spiro atoms. The van der Waals surface area contributed by atoms with Crippen molar-refractivity contribution in [3.8, 4) is 5.69 Å². The first-order valence-electron chi connectivity index (χ1n) is 9.79. The molecule has 158 valence electrons. The van der Waals surface area contributed by atoms with Crippen LogP contribution in [-0.2, 0) is 11.3 Å². The number of halogens is 2. The van der Waals surface area contributed by atoms with Crippen LogP contribution < -0.4 is 5.32 Å². The van der Waals surface area contributed by atoms with Crippen molar-refractivity contribution in [1.82, 2.24) is 14.8 Å². The molecule has 1 aliphatic heterocycles. The van der Waals surface area contributed by atoms with E-state index < -0.39 is 6.03 Å². The molecule has 1 aliphatic rings. The monoisotopic (exact) mass is 453 g/mol. The predicted octanol–water partition coefficient (Wildman–Crippen LogP) is 5.80. The highest BCUT2D eigenvalue weighted by molar-refractivity contribution is 6.35. The second-order valence-electron chi connectivity index (χ2n) is 7.62. The first-order chi connectivity index (χ1) is 14.7. The number of nitrogens with one attached hydrogen (secondary N) is 1. The quantitative estimate of drug-likeness (QED) is 0.400. The average molecular weight is 454 g/mol. The van der Waals surface area contributed by atoms with Crippen LogP contribution in [0, 0.1) is 20.8 Å². The van der Waals surface area contributed by atoms with Gasteiger partial charge in [0.25, 0.3) is 5.91 Å². The number of amides is 3. The number of benzene rings is 2.